The van der Waals surface area contributed by atoms with Crippen LogP contribution in [0.25, 0.3) is 0 Å². The van der Waals surface area contributed by atoms with Gasteiger partial charge in [-0.3, -0.25) is 14.5 Å². The lowest BCUT2D eigenvalue weighted by Crippen LogP contribution is -2.35. The van der Waals surface area contributed by atoms with Gasteiger partial charge in [-0.25, -0.2) is 0 Å². The van der Waals surface area contributed by atoms with Gasteiger partial charge in [0.15, 0.2) is 0 Å². The Morgan fingerprint density at radius 2 is 1.53 bits per heavy atom. The SMILES string of the molecule is O=C(NCc1ccc(CN2CCOCC2)cc1)c1ccc([C@@H]2SCC(=O)N2Cc2ccccc2)cc1. The van der Waals surface area contributed by atoms with Crippen molar-refractivity contribution in [3.8, 4) is 0 Å². The third-order valence-corrected chi connectivity index (χ3v) is 7.86. The van der Waals surface area contributed by atoms with E-state index in [2.05, 4.69) is 34.5 Å². The first-order valence-electron chi connectivity index (χ1n) is 12.4. The molecule has 1 atom stereocenters. The van der Waals surface area contributed by atoms with Gasteiger partial charge in [0.05, 0.1) is 19.0 Å². The lowest BCUT2D eigenvalue weighted by Gasteiger charge is -2.26. The third kappa shape index (κ3) is 6.16. The minimum Gasteiger partial charge on any atom is -0.379 e. The highest BCUT2D eigenvalue weighted by Gasteiger charge is 2.32. The summed E-state index contributed by atoms with van der Waals surface area (Å²) in [6.07, 6.45) is 0. The number of ether oxygens (including phenoxy) is 1. The van der Waals surface area contributed by atoms with Crippen LogP contribution in [0.15, 0.2) is 78.9 Å². The Kier molecular flexibility index (Phi) is 8.01. The Bertz CT molecular complexity index is 1160. The fourth-order valence-electron chi connectivity index (χ4n) is 4.54. The van der Waals surface area contributed by atoms with Crippen LogP contribution >= 0.6 is 11.8 Å². The summed E-state index contributed by atoms with van der Waals surface area (Å²) in [6, 6.07) is 26.1. The fraction of sp³-hybridized carbons (Fsp3) is 0.310. The molecule has 2 fully saturated rings. The van der Waals surface area contributed by atoms with Crippen LogP contribution in [-0.2, 0) is 29.2 Å². The summed E-state index contributed by atoms with van der Waals surface area (Å²) < 4.78 is 5.41. The van der Waals surface area contributed by atoms with Crippen molar-refractivity contribution in [1.82, 2.24) is 15.1 Å². The molecule has 36 heavy (non-hydrogen) atoms. The zero-order valence-electron chi connectivity index (χ0n) is 20.3. The molecule has 1 N–H and O–H groups in total. The molecule has 3 aromatic carbocycles. The highest BCUT2D eigenvalue weighted by atomic mass is 32.2. The van der Waals surface area contributed by atoms with Crippen molar-refractivity contribution in [1.29, 1.82) is 0 Å². The molecular formula is C29H31N3O3S. The maximum atomic E-state index is 12.7. The Morgan fingerprint density at radius 3 is 2.25 bits per heavy atom. The number of nitrogens with zero attached hydrogens (tertiary/aromatic N) is 2. The van der Waals surface area contributed by atoms with Crippen molar-refractivity contribution in [2.75, 3.05) is 32.1 Å². The number of hydrogen-bond donors (Lipinski definition) is 1. The summed E-state index contributed by atoms with van der Waals surface area (Å²) >= 11 is 1.63. The topological polar surface area (TPSA) is 61.9 Å². The predicted molar refractivity (Wildman–Crippen MR) is 142 cm³/mol. The smallest absolute Gasteiger partial charge is 0.251 e. The molecule has 2 saturated heterocycles. The molecule has 0 spiro atoms. The molecule has 0 bridgehead atoms. The quantitative estimate of drug-likeness (QED) is 0.501. The molecule has 0 radical (unpaired) electrons. The molecule has 0 saturated carbocycles. The molecule has 7 heteroatoms. The second-order valence-corrected chi connectivity index (χ2v) is 10.2. The maximum absolute atomic E-state index is 12.7. The first-order chi connectivity index (χ1) is 17.7. The number of hydrogen-bond acceptors (Lipinski definition) is 5. The molecule has 2 heterocycles. The van der Waals surface area contributed by atoms with E-state index in [-0.39, 0.29) is 17.2 Å². The average molecular weight is 502 g/mol. The van der Waals surface area contributed by atoms with E-state index in [1.165, 1.54) is 5.56 Å². The van der Waals surface area contributed by atoms with Gasteiger partial charge in [-0.2, -0.15) is 0 Å². The maximum Gasteiger partial charge on any atom is 0.251 e. The standard InChI is InChI=1S/C29H31N3O3S/c33-27-21-36-29(32(27)20-23-4-2-1-3-5-23)26-12-10-25(11-13-26)28(34)30-18-22-6-8-24(9-7-22)19-31-14-16-35-17-15-31/h1-13,29H,14-21H2,(H,30,34)/t29-/m0/s1. The number of carbonyl (C=O) groups is 2. The highest BCUT2D eigenvalue weighted by molar-refractivity contribution is 8.00. The first-order valence-corrected chi connectivity index (χ1v) is 13.4. The monoisotopic (exact) mass is 501 g/mol. The number of nitrogens with one attached hydrogen (secondary N) is 1. The molecule has 3 aromatic rings. The summed E-state index contributed by atoms with van der Waals surface area (Å²) in [5, 5.41) is 2.98. The molecule has 0 unspecified atom stereocenters. The van der Waals surface area contributed by atoms with E-state index >= 15 is 0 Å². The summed E-state index contributed by atoms with van der Waals surface area (Å²) in [7, 11) is 0. The first kappa shape index (κ1) is 24.6. The predicted octanol–water partition coefficient (Wildman–Crippen LogP) is 4.22. The van der Waals surface area contributed by atoms with Crippen molar-refractivity contribution >= 4 is 23.6 Å². The largest absolute Gasteiger partial charge is 0.379 e. The number of morpholine rings is 1. The van der Waals surface area contributed by atoms with Gasteiger partial charge in [0.2, 0.25) is 5.91 Å². The zero-order valence-corrected chi connectivity index (χ0v) is 21.1. The molecule has 6 nitrogen and oxygen atoms in total. The van der Waals surface area contributed by atoms with Crippen molar-refractivity contribution in [2.45, 2.75) is 25.0 Å². The summed E-state index contributed by atoms with van der Waals surface area (Å²) in [4.78, 5) is 29.6. The van der Waals surface area contributed by atoms with Gasteiger partial charge in [0.1, 0.15) is 5.37 Å². The van der Waals surface area contributed by atoms with Crippen molar-refractivity contribution in [3.63, 3.8) is 0 Å². The minimum atomic E-state index is -0.102. The number of carbonyl (C=O) groups excluding carboxylic acids is 2. The van der Waals surface area contributed by atoms with Crippen LogP contribution in [0.5, 0.6) is 0 Å². The normalized spacial score (nSPS) is 18.4. The van der Waals surface area contributed by atoms with Gasteiger partial charge >= 0.3 is 0 Å². The molecule has 0 aliphatic carbocycles. The fourth-order valence-corrected chi connectivity index (χ4v) is 5.73. The Labute approximate surface area is 216 Å². The highest BCUT2D eigenvalue weighted by Crippen LogP contribution is 2.39. The third-order valence-electron chi connectivity index (χ3n) is 6.61. The van der Waals surface area contributed by atoms with Crippen LogP contribution in [0, 0.1) is 0 Å². The molecule has 5 rings (SSSR count). The van der Waals surface area contributed by atoms with E-state index < -0.39 is 0 Å². The van der Waals surface area contributed by atoms with Gasteiger partial charge < -0.3 is 15.0 Å². The number of amides is 2. The van der Waals surface area contributed by atoms with Crippen LogP contribution in [-0.4, -0.2) is 53.7 Å². The van der Waals surface area contributed by atoms with E-state index in [0.717, 1.165) is 49.5 Å². The second-order valence-electron chi connectivity index (χ2n) is 9.18. The van der Waals surface area contributed by atoms with E-state index in [4.69, 9.17) is 4.74 Å². The van der Waals surface area contributed by atoms with Crippen LogP contribution in [0.2, 0.25) is 0 Å². The van der Waals surface area contributed by atoms with Crippen LogP contribution < -0.4 is 5.32 Å². The van der Waals surface area contributed by atoms with E-state index in [1.807, 2.05) is 59.5 Å². The van der Waals surface area contributed by atoms with Crippen molar-refractivity contribution in [3.05, 3.63) is 107 Å². The minimum absolute atomic E-state index is 0.0363. The molecule has 0 aromatic heterocycles. The number of benzene rings is 3. The molecule has 2 aliphatic rings. The zero-order chi connectivity index (χ0) is 24.7. The van der Waals surface area contributed by atoms with E-state index in [0.29, 0.717) is 24.4 Å². The summed E-state index contributed by atoms with van der Waals surface area (Å²) in [6.45, 7) is 5.54. The van der Waals surface area contributed by atoms with Crippen LogP contribution in [0.1, 0.15) is 38.0 Å². The van der Waals surface area contributed by atoms with Crippen molar-refractivity contribution in [2.24, 2.45) is 0 Å². The summed E-state index contributed by atoms with van der Waals surface area (Å²) in [5.41, 5.74) is 5.11. The second kappa shape index (κ2) is 11.7. The Balaban J connectivity index is 1.15. The van der Waals surface area contributed by atoms with Crippen molar-refractivity contribution < 1.29 is 14.3 Å². The van der Waals surface area contributed by atoms with Gasteiger partial charge in [-0.1, -0.05) is 66.7 Å². The van der Waals surface area contributed by atoms with Gasteiger partial charge in [-0.05, 0) is 34.4 Å². The molecule has 186 valence electrons. The average Bonchev–Trinajstić information content (AvgIpc) is 3.29. The number of rotatable bonds is 8. The van der Waals surface area contributed by atoms with Crippen LogP contribution in [0.3, 0.4) is 0 Å². The van der Waals surface area contributed by atoms with Crippen LogP contribution in [0.4, 0.5) is 0 Å². The summed E-state index contributed by atoms with van der Waals surface area (Å²) in [5.74, 6) is 0.521. The van der Waals surface area contributed by atoms with Gasteiger partial charge in [0, 0.05) is 38.3 Å². The molecular weight excluding hydrogens is 470 g/mol. The van der Waals surface area contributed by atoms with Gasteiger partial charge in [-0.15, -0.1) is 11.8 Å². The van der Waals surface area contributed by atoms with E-state index in [1.54, 1.807) is 11.8 Å². The molecule has 2 aliphatic heterocycles. The Morgan fingerprint density at radius 1 is 0.861 bits per heavy atom. The Hall–Kier alpha value is -3.13. The lowest BCUT2D eigenvalue weighted by atomic mass is 10.1. The van der Waals surface area contributed by atoms with E-state index in [9.17, 15) is 9.59 Å². The molecule has 2 amide bonds. The van der Waals surface area contributed by atoms with Gasteiger partial charge in [0.25, 0.3) is 5.91 Å². The lowest BCUT2D eigenvalue weighted by molar-refractivity contribution is -0.128. The number of thioether (sulfide) groups is 1.